The molecule has 0 saturated carbocycles. The van der Waals surface area contributed by atoms with E-state index in [2.05, 4.69) is 37.4 Å². The molecule has 0 aliphatic rings. The normalized spacial score (nSPS) is 10.3. The summed E-state index contributed by atoms with van der Waals surface area (Å²) in [6, 6.07) is 8.19. The van der Waals surface area contributed by atoms with Crippen molar-refractivity contribution in [2.75, 3.05) is 5.32 Å². The Bertz CT molecular complexity index is 617. The lowest BCUT2D eigenvalue weighted by atomic mass is 10.1. The van der Waals surface area contributed by atoms with Crippen molar-refractivity contribution in [1.82, 2.24) is 19.9 Å². The van der Waals surface area contributed by atoms with Crippen LogP contribution in [0.15, 0.2) is 55.5 Å². The molecular formula is C14H13N5. The lowest BCUT2D eigenvalue weighted by Crippen LogP contribution is -2.00. The Hall–Kier alpha value is -2.69. The van der Waals surface area contributed by atoms with Gasteiger partial charge in [0.1, 0.15) is 6.33 Å². The van der Waals surface area contributed by atoms with Gasteiger partial charge in [0.15, 0.2) is 0 Å². The van der Waals surface area contributed by atoms with Crippen LogP contribution in [-0.2, 0) is 6.54 Å². The van der Waals surface area contributed by atoms with Crippen LogP contribution in [0.25, 0.3) is 11.3 Å². The van der Waals surface area contributed by atoms with E-state index in [1.807, 2.05) is 18.3 Å². The van der Waals surface area contributed by atoms with E-state index in [0.717, 1.165) is 22.5 Å². The largest absolute Gasteiger partial charge is 0.381 e. The fraction of sp³-hybridized carbons (Fsp3) is 0.0714. The van der Waals surface area contributed by atoms with Crippen molar-refractivity contribution in [3.63, 3.8) is 0 Å². The van der Waals surface area contributed by atoms with E-state index in [1.54, 1.807) is 18.7 Å². The van der Waals surface area contributed by atoms with Gasteiger partial charge in [-0.3, -0.25) is 0 Å². The quantitative estimate of drug-likeness (QED) is 0.747. The number of H-pyrrole nitrogens is 1. The second kappa shape index (κ2) is 5.30. The van der Waals surface area contributed by atoms with Crippen LogP contribution < -0.4 is 5.32 Å². The Labute approximate surface area is 110 Å². The molecule has 0 fully saturated rings. The molecule has 19 heavy (non-hydrogen) atoms. The summed E-state index contributed by atoms with van der Waals surface area (Å²) in [5.41, 5.74) is 4.25. The molecule has 2 heterocycles. The molecule has 5 heteroatoms. The van der Waals surface area contributed by atoms with E-state index < -0.39 is 0 Å². The Balaban J connectivity index is 1.67. The van der Waals surface area contributed by atoms with Crippen molar-refractivity contribution in [2.45, 2.75) is 6.54 Å². The van der Waals surface area contributed by atoms with E-state index in [1.165, 1.54) is 6.33 Å². The van der Waals surface area contributed by atoms with Crippen LogP contribution in [-0.4, -0.2) is 19.9 Å². The van der Waals surface area contributed by atoms with Gasteiger partial charge in [-0.25, -0.2) is 15.0 Å². The van der Waals surface area contributed by atoms with Crippen LogP contribution in [0.5, 0.6) is 0 Å². The number of hydrogen-bond acceptors (Lipinski definition) is 4. The summed E-state index contributed by atoms with van der Waals surface area (Å²) in [7, 11) is 0. The summed E-state index contributed by atoms with van der Waals surface area (Å²) in [4.78, 5) is 15.1. The number of nitrogens with one attached hydrogen (secondary N) is 2. The maximum Gasteiger partial charge on any atom is 0.115 e. The predicted molar refractivity (Wildman–Crippen MR) is 73.4 cm³/mol. The fourth-order valence-electron chi connectivity index (χ4n) is 1.81. The Morgan fingerprint density at radius 1 is 0.947 bits per heavy atom. The van der Waals surface area contributed by atoms with Crippen molar-refractivity contribution in [1.29, 1.82) is 0 Å². The molecular weight excluding hydrogens is 238 g/mol. The van der Waals surface area contributed by atoms with Gasteiger partial charge >= 0.3 is 0 Å². The van der Waals surface area contributed by atoms with Gasteiger partial charge in [0.25, 0.3) is 0 Å². The first kappa shape index (κ1) is 11.4. The number of rotatable bonds is 4. The standard InChI is InChI=1S/C14H13N5/c1-3-13(18-7-11-5-15-9-16-6-11)4-2-12(1)14-8-17-10-19-14/h1-6,8-10,18H,7H2,(H,17,19). The van der Waals surface area contributed by atoms with Crippen LogP contribution in [0.2, 0.25) is 0 Å². The van der Waals surface area contributed by atoms with E-state index >= 15 is 0 Å². The first-order chi connectivity index (χ1) is 9.42. The lowest BCUT2D eigenvalue weighted by molar-refractivity contribution is 1.05. The Morgan fingerprint density at radius 2 is 1.74 bits per heavy atom. The molecule has 2 N–H and O–H groups in total. The van der Waals surface area contributed by atoms with Gasteiger partial charge in [-0.05, 0) is 17.7 Å². The van der Waals surface area contributed by atoms with Gasteiger partial charge in [-0.2, -0.15) is 0 Å². The second-order valence-electron chi connectivity index (χ2n) is 4.14. The lowest BCUT2D eigenvalue weighted by Gasteiger charge is -2.06. The first-order valence-corrected chi connectivity index (χ1v) is 5.98. The SMILES string of the molecule is c1ncc(CNc2ccc(-c3cnc[nH]3)cc2)cn1. The molecule has 0 spiro atoms. The molecule has 0 saturated heterocycles. The van der Waals surface area contributed by atoms with Gasteiger partial charge in [-0.1, -0.05) is 12.1 Å². The third-order valence-corrected chi connectivity index (χ3v) is 2.80. The summed E-state index contributed by atoms with van der Waals surface area (Å²) >= 11 is 0. The summed E-state index contributed by atoms with van der Waals surface area (Å²) in [5.74, 6) is 0. The number of benzene rings is 1. The molecule has 3 rings (SSSR count). The third kappa shape index (κ3) is 2.77. The van der Waals surface area contributed by atoms with Crippen molar-refractivity contribution < 1.29 is 0 Å². The first-order valence-electron chi connectivity index (χ1n) is 5.98. The minimum absolute atomic E-state index is 0.713. The van der Waals surface area contributed by atoms with Crippen molar-refractivity contribution >= 4 is 5.69 Å². The number of aromatic nitrogens is 4. The summed E-state index contributed by atoms with van der Waals surface area (Å²) in [6.45, 7) is 0.713. The van der Waals surface area contributed by atoms with Gasteiger partial charge in [-0.15, -0.1) is 0 Å². The predicted octanol–water partition coefficient (Wildman–Crippen LogP) is 2.48. The van der Waals surface area contributed by atoms with Gasteiger partial charge in [0.05, 0.1) is 18.2 Å². The zero-order valence-electron chi connectivity index (χ0n) is 10.2. The van der Waals surface area contributed by atoms with Crippen molar-refractivity contribution in [2.24, 2.45) is 0 Å². The van der Waals surface area contributed by atoms with Gasteiger partial charge in [0, 0.05) is 30.2 Å². The van der Waals surface area contributed by atoms with Gasteiger partial charge in [0.2, 0.25) is 0 Å². The molecule has 94 valence electrons. The third-order valence-electron chi connectivity index (χ3n) is 2.80. The average molecular weight is 251 g/mol. The van der Waals surface area contributed by atoms with E-state index in [9.17, 15) is 0 Å². The zero-order valence-corrected chi connectivity index (χ0v) is 10.2. The number of aromatic amines is 1. The summed E-state index contributed by atoms with van der Waals surface area (Å²) < 4.78 is 0. The maximum absolute atomic E-state index is 4.01. The maximum atomic E-state index is 4.01. The minimum Gasteiger partial charge on any atom is -0.381 e. The van der Waals surface area contributed by atoms with Crippen LogP contribution in [0.4, 0.5) is 5.69 Å². The molecule has 0 bridgehead atoms. The van der Waals surface area contributed by atoms with E-state index in [0.29, 0.717) is 6.54 Å². The summed E-state index contributed by atoms with van der Waals surface area (Å²) in [6.07, 6.45) is 8.63. The van der Waals surface area contributed by atoms with Crippen molar-refractivity contribution in [3.8, 4) is 11.3 Å². The Kier molecular flexibility index (Phi) is 3.18. The van der Waals surface area contributed by atoms with Crippen LogP contribution >= 0.6 is 0 Å². The smallest absolute Gasteiger partial charge is 0.115 e. The van der Waals surface area contributed by atoms with Crippen LogP contribution in [0.1, 0.15) is 5.56 Å². The molecule has 0 atom stereocenters. The molecule has 0 aliphatic heterocycles. The van der Waals surface area contributed by atoms with E-state index in [4.69, 9.17) is 0 Å². The topological polar surface area (TPSA) is 66.5 Å². The zero-order chi connectivity index (χ0) is 12.9. The highest BCUT2D eigenvalue weighted by atomic mass is 14.9. The molecule has 0 radical (unpaired) electrons. The second-order valence-corrected chi connectivity index (χ2v) is 4.14. The number of imidazole rings is 1. The highest BCUT2D eigenvalue weighted by Gasteiger charge is 1.99. The highest BCUT2D eigenvalue weighted by molar-refractivity contribution is 5.61. The van der Waals surface area contributed by atoms with Crippen LogP contribution in [0, 0.1) is 0 Å². The number of nitrogens with zero attached hydrogens (tertiary/aromatic N) is 3. The van der Waals surface area contributed by atoms with Crippen LogP contribution in [0.3, 0.4) is 0 Å². The molecule has 2 aromatic heterocycles. The van der Waals surface area contributed by atoms with Gasteiger partial charge < -0.3 is 10.3 Å². The number of hydrogen-bond donors (Lipinski definition) is 2. The highest BCUT2D eigenvalue weighted by Crippen LogP contribution is 2.18. The monoisotopic (exact) mass is 251 g/mol. The van der Waals surface area contributed by atoms with Crippen molar-refractivity contribution in [3.05, 3.63) is 61.1 Å². The molecule has 0 amide bonds. The number of anilines is 1. The minimum atomic E-state index is 0.713. The molecule has 0 unspecified atom stereocenters. The fourth-order valence-corrected chi connectivity index (χ4v) is 1.81. The average Bonchev–Trinajstić information content (AvgIpc) is 3.01. The molecule has 1 aromatic carbocycles. The summed E-state index contributed by atoms with van der Waals surface area (Å²) in [5, 5.41) is 3.33. The van der Waals surface area contributed by atoms with E-state index in [-0.39, 0.29) is 0 Å². The molecule has 0 aliphatic carbocycles. The molecule has 5 nitrogen and oxygen atoms in total. The Morgan fingerprint density at radius 3 is 2.42 bits per heavy atom. The molecule has 3 aromatic rings.